The highest BCUT2D eigenvalue weighted by molar-refractivity contribution is 7.89. The van der Waals surface area contributed by atoms with Gasteiger partial charge >= 0.3 is 5.97 Å². The molecular formula is C20H20FN3O4S. The zero-order chi connectivity index (χ0) is 20.8. The summed E-state index contributed by atoms with van der Waals surface area (Å²) in [5.74, 6) is -1.44. The van der Waals surface area contributed by atoms with E-state index in [0.717, 1.165) is 34.3 Å². The Morgan fingerprint density at radius 1 is 1.31 bits per heavy atom. The number of nitrogens with zero attached hydrogens (tertiary/aromatic N) is 2. The van der Waals surface area contributed by atoms with Gasteiger partial charge in [0.15, 0.2) is 0 Å². The number of halogens is 1. The van der Waals surface area contributed by atoms with Crippen LogP contribution in [0.2, 0.25) is 0 Å². The lowest BCUT2D eigenvalue weighted by atomic mass is 9.92. The number of hydrogen-bond donors (Lipinski definition) is 2. The van der Waals surface area contributed by atoms with Crippen molar-refractivity contribution in [2.75, 3.05) is 0 Å². The van der Waals surface area contributed by atoms with Gasteiger partial charge in [0.25, 0.3) is 0 Å². The number of carbonyl (C=O) groups is 1. The fraction of sp³-hybridized carbons (Fsp3) is 0.300. The lowest BCUT2D eigenvalue weighted by molar-refractivity contribution is -0.140. The van der Waals surface area contributed by atoms with Gasteiger partial charge in [0.2, 0.25) is 10.0 Å². The third-order valence-corrected chi connectivity index (χ3v) is 6.93. The summed E-state index contributed by atoms with van der Waals surface area (Å²) >= 11 is 0. The number of sulfonamides is 1. The Labute approximate surface area is 167 Å². The molecule has 2 aromatic heterocycles. The van der Waals surface area contributed by atoms with Gasteiger partial charge in [-0.05, 0) is 62.1 Å². The SMILES string of the molecule is CC(C(=O)O)n1c2c(c3ccncc31)CC(NS(=O)(=O)c1ccc(F)cc1)CC2. The molecule has 1 aliphatic carbocycles. The van der Waals surface area contributed by atoms with Crippen LogP contribution in [0.5, 0.6) is 0 Å². The molecule has 4 rings (SSSR count). The van der Waals surface area contributed by atoms with Gasteiger partial charge in [0, 0.05) is 23.3 Å². The van der Waals surface area contributed by atoms with Crippen molar-refractivity contribution in [3.8, 4) is 0 Å². The number of benzene rings is 1. The second-order valence-corrected chi connectivity index (χ2v) is 8.93. The minimum atomic E-state index is -3.79. The van der Waals surface area contributed by atoms with Gasteiger partial charge in [-0.25, -0.2) is 22.3 Å². The fourth-order valence-electron chi connectivity index (χ4n) is 3.99. The first-order chi connectivity index (χ1) is 13.8. The summed E-state index contributed by atoms with van der Waals surface area (Å²) in [6, 6.07) is 5.43. The molecule has 152 valence electrons. The predicted molar refractivity (Wildman–Crippen MR) is 105 cm³/mol. The molecule has 1 aliphatic rings. The van der Waals surface area contributed by atoms with Crippen LogP contribution in [0.3, 0.4) is 0 Å². The monoisotopic (exact) mass is 417 g/mol. The average Bonchev–Trinajstić information content (AvgIpc) is 3.01. The van der Waals surface area contributed by atoms with E-state index in [1.807, 2.05) is 6.07 Å². The summed E-state index contributed by atoms with van der Waals surface area (Å²) in [6.07, 6.45) is 4.80. The van der Waals surface area contributed by atoms with Crippen molar-refractivity contribution < 1.29 is 22.7 Å². The van der Waals surface area contributed by atoms with E-state index in [9.17, 15) is 22.7 Å². The Bertz CT molecular complexity index is 1190. The molecule has 2 unspecified atom stereocenters. The molecular weight excluding hydrogens is 397 g/mol. The smallest absolute Gasteiger partial charge is 0.326 e. The maximum Gasteiger partial charge on any atom is 0.326 e. The molecule has 9 heteroatoms. The van der Waals surface area contributed by atoms with E-state index in [-0.39, 0.29) is 10.9 Å². The molecule has 3 aromatic rings. The van der Waals surface area contributed by atoms with Crippen molar-refractivity contribution in [1.82, 2.24) is 14.3 Å². The van der Waals surface area contributed by atoms with Gasteiger partial charge in [-0.3, -0.25) is 4.98 Å². The lowest BCUT2D eigenvalue weighted by Crippen LogP contribution is -2.39. The Balaban J connectivity index is 1.68. The van der Waals surface area contributed by atoms with Crippen LogP contribution >= 0.6 is 0 Å². The average molecular weight is 417 g/mol. The molecule has 29 heavy (non-hydrogen) atoms. The molecule has 2 atom stereocenters. The summed E-state index contributed by atoms with van der Waals surface area (Å²) in [5, 5.41) is 10.4. The summed E-state index contributed by atoms with van der Waals surface area (Å²) < 4.78 is 42.9. The highest BCUT2D eigenvalue weighted by Gasteiger charge is 2.31. The molecule has 0 spiro atoms. The van der Waals surface area contributed by atoms with Crippen LogP contribution in [-0.4, -0.2) is 35.1 Å². The second kappa shape index (κ2) is 7.23. The molecule has 7 nitrogen and oxygen atoms in total. The van der Waals surface area contributed by atoms with E-state index in [0.29, 0.717) is 19.3 Å². The largest absolute Gasteiger partial charge is 0.480 e. The van der Waals surface area contributed by atoms with Crippen molar-refractivity contribution in [3.05, 3.63) is 59.8 Å². The van der Waals surface area contributed by atoms with Crippen LogP contribution in [0.25, 0.3) is 10.9 Å². The van der Waals surface area contributed by atoms with Crippen LogP contribution in [0.15, 0.2) is 47.6 Å². The van der Waals surface area contributed by atoms with Crippen LogP contribution in [0.4, 0.5) is 4.39 Å². The quantitative estimate of drug-likeness (QED) is 0.665. The van der Waals surface area contributed by atoms with E-state index >= 15 is 0 Å². The first-order valence-corrected chi connectivity index (χ1v) is 10.7. The van der Waals surface area contributed by atoms with Crippen molar-refractivity contribution in [2.24, 2.45) is 0 Å². The molecule has 2 heterocycles. The Morgan fingerprint density at radius 2 is 2.03 bits per heavy atom. The minimum Gasteiger partial charge on any atom is -0.480 e. The van der Waals surface area contributed by atoms with E-state index in [1.54, 1.807) is 23.9 Å². The first-order valence-electron chi connectivity index (χ1n) is 9.24. The number of hydrogen-bond acceptors (Lipinski definition) is 4. The van der Waals surface area contributed by atoms with E-state index in [4.69, 9.17) is 0 Å². The zero-order valence-electron chi connectivity index (χ0n) is 15.7. The fourth-order valence-corrected chi connectivity index (χ4v) is 5.26. The molecule has 0 saturated heterocycles. The van der Waals surface area contributed by atoms with Crippen LogP contribution in [0, 0.1) is 5.82 Å². The van der Waals surface area contributed by atoms with Crippen molar-refractivity contribution >= 4 is 26.9 Å². The Morgan fingerprint density at radius 3 is 2.72 bits per heavy atom. The van der Waals surface area contributed by atoms with Gasteiger partial charge in [-0.2, -0.15) is 0 Å². The van der Waals surface area contributed by atoms with Crippen LogP contribution < -0.4 is 4.72 Å². The maximum absolute atomic E-state index is 13.1. The number of fused-ring (bicyclic) bond motifs is 3. The molecule has 0 amide bonds. The first kappa shape index (κ1) is 19.5. The Kier molecular flexibility index (Phi) is 4.87. The number of aliphatic carboxylic acids is 1. The predicted octanol–water partition coefficient (Wildman–Crippen LogP) is 2.66. The maximum atomic E-state index is 13.1. The molecule has 0 bridgehead atoms. The molecule has 1 aromatic carbocycles. The third-order valence-electron chi connectivity index (χ3n) is 5.39. The number of aromatic nitrogens is 2. The van der Waals surface area contributed by atoms with E-state index in [2.05, 4.69) is 9.71 Å². The summed E-state index contributed by atoms with van der Waals surface area (Å²) in [7, 11) is -3.79. The molecule has 0 saturated carbocycles. The highest BCUT2D eigenvalue weighted by atomic mass is 32.2. The zero-order valence-corrected chi connectivity index (χ0v) is 16.5. The minimum absolute atomic E-state index is 0.0100. The lowest BCUT2D eigenvalue weighted by Gasteiger charge is -2.25. The topological polar surface area (TPSA) is 101 Å². The van der Waals surface area contributed by atoms with E-state index in [1.165, 1.54) is 12.1 Å². The van der Waals surface area contributed by atoms with Gasteiger partial charge in [0.05, 0.1) is 16.6 Å². The van der Waals surface area contributed by atoms with Gasteiger partial charge in [-0.15, -0.1) is 0 Å². The molecule has 0 radical (unpaired) electrons. The number of carboxylic acids is 1. The van der Waals surface area contributed by atoms with Crippen molar-refractivity contribution in [3.63, 3.8) is 0 Å². The van der Waals surface area contributed by atoms with Crippen molar-refractivity contribution in [2.45, 2.75) is 43.2 Å². The Hall–Kier alpha value is -2.78. The molecule has 2 N–H and O–H groups in total. The molecule has 0 aliphatic heterocycles. The van der Waals surface area contributed by atoms with Gasteiger partial charge in [-0.1, -0.05) is 0 Å². The second-order valence-electron chi connectivity index (χ2n) is 7.22. The van der Waals surface area contributed by atoms with Crippen molar-refractivity contribution in [1.29, 1.82) is 0 Å². The summed E-state index contributed by atoms with van der Waals surface area (Å²) in [4.78, 5) is 15.7. The number of carboxylic acid groups (broad SMARTS) is 1. The summed E-state index contributed by atoms with van der Waals surface area (Å²) in [5.41, 5.74) is 2.57. The highest BCUT2D eigenvalue weighted by Crippen LogP contribution is 2.34. The van der Waals surface area contributed by atoms with E-state index < -0.39 is 27.9 Å². The summed E-state index contributed by atoms with van der Waals surface area (Å²) in [6.45, 7) is 1.62. The van der Waals surface area contributed by atoms with Crippen LogP contribution in [0.1, 0.15) is 30.6 Å². The number of pyridine rings is 1. The van der Waals surface area contributed by atoms with Crippen LogP contribution in [-0.2, 0) is 27.7 Å². The third kappa shape index (κ3) is 3.51. The normalized spacial score (nSPS) is 17.8. The molecule has 0 fully saturated rings. The van der Waals surface area contributed by atoms with Gasteiger partial charge < -0.3 is 9.67 Å². The number of nitrogens with one attached hydrogen (secondary N) is 1. The number of rotatable bonds is 5. The van der Waals surface area contributed by atoms with Gasteiger partial charge in [0.1, 0.15) is 11.9 Å². The standard InChI is InChI=1S/C20H20FN3O4S/c1-12(20(25)26)24-18-7-4-14(10-17(18)16-8-9-22-11-19(16)24)23-29(27,28)15-5-2-13(21)3-6-15/h2-3,5-6,8-9,11-12,14,23H,4,7,10H2,1H3,(H,25,26).